The molecular formula is C19H32N4O6S. The first-order valence-electron chi connectivity index (χ1n) is 9.36. The Labute approximate surface area is 181 Å². The molecule has 10 nitrogen and oxygen atoms in total. The normalized spacial score (nSPS) is 14.5. The number of hydrogen-bond acceptors (Lipinski definition) is 8. The Morgan fingerprint density at radius 1 is 1.20 bits per heavy atom. The lowest BCUT2D eigenvalue weighted by atomic mass is 10.1. The van der Waals surface area contributed by atoms with E-state index in [1.54, 1.807) is 27.7 Å². The van der Waals surface area contributed by atoms with E-state index in [0.717, 1.165) is 11.8 Å². The van der Waals surface area contributed by atoms with Crippen LogP contribution in [0, 0.1) is 0 Å². The maximum Gasteiger partial charge on any atom is 0.408 e. The minimum atomic E-state index is -1.20. The highest BCUT2D eigenvalue weighted by Gasteiger charge is 2.33. The zero-order valence-electron chi connectivity index (χ0n) is 18.6. The number of nitrogens with zero attached hydrogens (tertiary/aromatic N) is 3. The van der Waals surface area contributed by atoms with Crippen LogP contribution in [-0.2, 0) is 23.8 Å². The molecule has 0 aliphatic carbocycles. The minimum Gasteiger partial charge on any atom is -0.461 e. The number of ether oxygens (including phenoxy) is 3. The summed E-state index contributed by atoms with van der Waals surface area (Å²) < 4.78 is 15.9. The number of hydrogen-bond donors (Lipinski definition) is 1. The number of amides is 1. The summed E-state index contributed by atoms with van der Waals surface area (Å²) in [5.41, 5.74) is 7.35. The Balaban J connectivity index is 5.33. The van der Waals surface area contributed by atoms with Gasteiger partial charge in [-0.2, -0.15) is 0 Å². The molecule has 0 radical (unpaired) electrons. The molecule has 0 heterocycles. The van der Waals surface area contributed by atoms with Crippen molar-refractivity contribution in [3.05, 3.63) is 23.1 Å². The maximum absolute atomic E-state index is 12.8. The number of nitrogens with one attached hydrogen (secondary N) is 1. The third-order valence-corrected chi connectivity index (χ3v) is 4.15. The van der Waals surface area contributed by atoms with E-state index in [4.69, 9.17) is 19.7 Å². The summed E-state index contributed by atoms with van der Waals surface area (Å²) >= 11 is 0.728. The lowest BCUT2D eigenvalue weighted by molar-refractivity contribution is -0.143. The maximum atomic E-state index is 12.8. The molecule has 0 aromatic heterocycles. The van der Waals surface area contributed by atoms with Crippen LogP contribution in [0.1, 0.15) is 48.5 Å². The third kappa shape index (κ3) is 12.4. The topological polar surface area (TPSA) is 140 Å². The van der Waals surface area contributed by atoms with Gasteiger partial charge in [0, 0.05) is 10.7 Å². The fraction of sp³-hybridized carbons (Fsp3) is 0.737. The van der Waals surface area contributed by atoms with Crippen molar-refractivity contribution in [2.24, 2.45) is 5.11 Å². The Morgan fingerprint density at radius 3 is 2.27 bits per heavy atom. The van der Waals surface area contributed by atoms with E-state index >= 15 is 0 Å². The molecule has 30 heavy (non-hydrogen) atoms. The second kappa shape index (κ2) is 12.5. The summed E-state index contributed by atoms with van der Waals surface area (Å²) in [6.45, 7) is 15.6. The number of alkyl carbamates (subject to hydrolysis) is 1. The number of thioether (sulfide) groups is 1. The second-order valence-corrected chi connectivity index (χ2v) is 9.35. The van der Waals surface area contributed by atoms with Crippen molar-refractivity contribution in [2.45, 2.75) is 77.9 Å². The number of esters is 1. The average Bonchev–Trinajstić information content (AvgIpc) is 2.57. The van der Waals surface area contributed by atoms with E-state index in [1.807, 2.05) is 20.8 Å². The van der Waals surface area contributed by atoms with E-state index in [1.165, 1.54) is 6.08 Å². The Bertz CT molecular complexity index is 665. The van der Waals surface area contributed by atoms with Crippen LogP contribution in [0.4, 0.5) is 4.79 Å². The van der Waals surface area contributed by atoms with Gasteiger partial charge in [0.05, 0.1) is 11.7 Å². The van der Waals surface area contributed by atoms with Gasteiger partial charge in [0.15, 0.2) is 0 Å². The number of carbonyl (C=O) groups excluding carboxylic acids is 3. The van der Waals surface area contributed by atoms with E-state index in [0.29, 0.717) is 0 Å². The Hall–Kier alpha value is -2.23. The molecule has 0 fully saturated rings. The van der Waals surface area contributed by atoms with Gasteiger partial charge in [0.1, 0.15) is 24.3 Å². The van der Waals surface area contributed by atoms with Gasteiger partial charge in [-0.25, -0.2) is 4.79 Å². The molecule has 0 aromatic carbocycles. The highest BCUT2D eigenvalue weighted by molar-refractivity contribution is 8.13. The van der Waals surface area contributed by atoms with Gasteiger partial charge in [0.25, 0.3) is 0 Å². The van der Waals surface area contributed by atoms with Crippen LogP contribution in [0.25, 0.3) is 10.4 Å². The molecule has 0 bridgehead atoms. The van der Waals surface area contributed by atoms with Gasteiger partial charge in [-0.15, -0.1) is 0 Å². The monoisotopic (exact) mass is 444 g/mol. The van der Waals surface area contributed by atoms with Gasteiger partial charge in [-0.1, -0.05) is 29.5 Å². The van der Waals surface area contributed by atoms with Crippen molar-refractivity contribution >= 4 is 28.9 Å². The molecule has 0 aromatic rings. The summed E-state index contributed by atoms with van der Waals surface area (Å²) in [7, 11) is 0. The van der Waals surface area contributed by atoms with Gasteiger partial charge < -0.3 is 19.5 Å². The summed E-state index contributed by atoms with van der Waals surface area (Å²) in [5, 5.41) is 5.42. The average molecular weight is 445 g/mol. The molecule has 3 atom stereocenters. The largest absolute Gasteiger partial charge is 0.461 e. The number of azide groups is 1. The van der Waals surface area contributed by atoms with Crippen LogP contribution in [0.2, 0.25) is 0 Å². The first-order chi connectivity index (χ1) is 13.7. The fourth-order valence-electron chi connectivity index (χ4n) is 2.13. The quantitative estimate of drug-likeness (QED) is 0.178. The predicted octanol–water partition coefficient (Wildman–Crippen LogP) is 3.75. The van der Waals surface area contributed by atoms with Crippen molar-refractivity contribution in [3.8, 4) is 0 Å². The molecular weight excluding hydrogens is 412 g/mol. The van der Waals surface area contributed by atoms with Gasteiger partial charge in [-0.05, 0) is 54.0 Å². The first kappa shape index (κ1) is 27.8. The van der Waals surface area contributed by atoms with Crippen molar-refractivity contribution < 1.29 is 28.6 Å². The molecule has 0 unspecified atom stereocenters. The first-order valence-corrected chi connectivity index (χ1v) is 10.3. The molecule has 170 valence electrons. The number of rotatable bonds is 10. The van der Waals surface area contributed by atoms with Crippen LogP contribution in [0.15, 0.2) is 17.8 Å². The highest BCUT2D eigenvalue weighted by Crippen LogP contribution is 2.19. The van der Waals surface area contributed by atoms with E-state index in [-0.39, 0.29) is 12.4 Å². The Morgan fingerprint density at radius 2 is 1.80 bits per heavy atom. The molecule has 0 rings (SSSR count). The van der Waals surface area contributed by atoms with Gasteiger partial charge in [-0.3, -0.25) is 9.59 Å². The van der Waals surface area contributed by atoms with Gasteiger partial charge >= 0.3 is 12.1 Å². The summed E-state index contributed by atoms with van der Waals surface area (Å²) in [6, 6.07) is -2.26. The van der Waals surface area contributed by atoms with Crippen LogP contribution in [0.3, 0.4) is 0 Å². The molecule has 0 aliphatic rings. The summed E-state index contributed by atoms with van der Waals surface area (Å²) in [5.74, 6) is -0.934. The lowest BCUT2D eigenvalue weighted by Gasteiger charge is -2.31. The van der Waals surface area contributed by atoms with Crippen molar-refractivity contribution in [1.29, 1.82) is 0 Å². The van der Waals surface area contributed by atoms with Crippen molar-refractivity contribution in [3.63, 3.8) is 0 Å². The van der Waals surface area contributed by atoms with Crippen molar-refractivity contribution in [2.75, 3.05) is 12.4 Å². The van der Waals surface area contributed by atoms with Crippen molar-refractivity contribution in [1.82, 2.24) is 5.32 Å². The molecule has 11 heteroatoms. The lowest BCUT2D eigenvalue weighted by Crippen LogP contribution is -2.51. The zero-order valence-corrected chi connectivity index (χ0v) is 19.4. The Kier molecular flexibility index (Phi) is 11.5. The highest BCUT2D eigenvalue weighted by atomic mass is 32.2. The molecule has 1 N–H and O–H groups in total. The van der Waals surface area contributed by atoms with Crippen LogP contribution >= 0.6 is 11.8 Å². The summed E-state index contributed by atoms with van der Waals surface area (Å²) in [4.78, 5) is 39.6. The van der Waals surface area contributed by atoms with Crippen LogP contribution < -0.4 is 5.32 Å². The smallest absolute Gasteiger partial charge is 0.408 e. The second-order valence-electron chi connectivity index (χ2n) is 8.33. The molecule has 0 aliphatic heterocycles. The van der Waals surface area contributed by atoms with Crippen LogP contribution in [0.5, 0.6) is 0 Å². The fourth-order valence-corrected chi connectivity index (χ4v) is 3.08. The summed E-state index contributed by atoms with van der Waals surface area (Å²) in [6.07, 6.45) is -0.0960. The standard InChI is InChI=1S/C19H32N4O6S/c1-9-10-27-15(24)13(22-23-20)11-30-16(25)14(12(2)28-18(3,4)5)21-17(26)29-19(6,7)8/h9,12-14H,1,10-11H2,2-8H3,(H,21,26)/t12-,13+,14+/m1/s1. The SMILES string of the molecule is C=CCOC(=O)[C@H](CSC(=O)[C@@H](NC(=O)OC(C)(C)C)[C@@H](C)OC(C)(C)C)N=[N+]=[N-]. The van der Waals surface area contributed by atoms with E-state index in [9.17, 15) is 14.4 Å². The van der Waals surface area contributed by atoms with Gasteiger partial charge in [0.2, 0.25) is 5.12 Å². The third-order valence-electron chi connectivity index (χ3n) is 3.13. The number of carbonyl (C=O) groups is 3. The van der Waals surface area contributed by atoms with E-state index < -0.39 is 46.6 Å². The van der Waals surface area contributed by atoms with Crippen LogP contribution in [-0.4, -0.2) is 58.9 Å². The minimum absolute atomic E-state index is 0.0474. The molecule has 0 saturated carbocycles. The molecule has 1 amide bonds. The predicted molar refractivity (Wildman–Crippen MR) is 115 cm³/mol. The van der Waals surface area contributed by atoms with E-state index in [2.05, 4.69) is 21.9 Å². The molecule has 0 saturated heterocycles. The molecule has 0 spiro atoms. The zero-order chi connectivity index (χ0) is 23.5.